The largest absolute Gasteiger partial charge is 0.573 e. The maximum Gasteiger partial charge on any atom is 0.573 e. The quantitative estimate of drug-likeness (QED) is 0.277. The van der Waals surface area contributed by atoms with Gasteiger partial charge in [-0.3, -0.25) is 0 Å². The van der Waals surface area contributed by atoms with Crippen LogP contribution in [0, 0.1) is 35.0 Å². The van der Waals surface area contributed by atoms with Crippen molar-refractivity contribution in [1.82, 2.24) is 0 Å². The van der Waals surface area contributed by atoms with E-state index >= 15 is 0 Å². The summed E-state index contributed by atoms with van der Waals surface area (Å²) in [6.07, 6.45) is -6.69. The SMILES string of the molecule is CC1CCC(c2ccc(-c3cc(F)c(C(F)(F)Oc4cc(F)c(OC(F)(F)F)c(F)c4)c(F)c3)c(F)c2)CC1. The lowest BCUT2D eigenvalue weighted by molar-refractivity contribution is -0.276. The van der Waals surface area contributed by atoms with Crippen molar-refractivity contribution >= 4 is 0 Å². The highest BCUT2D eigenvalue weighted by Crippen LogP contribution is 2.41. The van der Waals surface area contributed by atoms with E-state index in [4.69, 9.17) is 0 Å². The molecule has 0 unspecified atom stereocenters. The zero-order valence-corrected chi connectivity index (χ0v) is 20.1. The van der Waals surface area contributed by atoms with Gasteiger partial charge in [-0.05, 0) is 54.0 Å². The molecule has 0 atom stereocenters. The molecule has 1 saturated carbocycles. The summed E-state index contributed by atoms with van der Waals surface area (Å²) in [7, 11) is 0. The molecule has 2 nitrogen and oxygen atoms in total. The normalized spacial score (nSPS) is 18.2. The summed E-state index contributed by atoms with van der Waals surface area (Å²) in [6.45, 7) is 2.13. The first kappa shape index (κ1) is 28.6. The van der Waals surface area contributed by atoms with Gasteiger partial charge in [0.2, 0.25) is 5.75 Å². The molecule has 12 heteroatoms. The van der Waals surface area contributed by atoms with Crippen LogP contribution >= 0.6 is 0 Å². The van der Waals surface area contributed by atoms with Gasteiger partial charge in [0.05, 0.1) is 0 Å². The molecule has 39 heavy (non-hydrogen) atoms. The first-order valence-corrected chi connectivity index (χ1v) is 11.8. The third-order valence-corrected chi connectivity index (χ3v) is 6.56. The number of ether oxygens (including phenoxy) is 2. The minimum Gasteiger partial charge on any atom is -0.429 e. The summed E-state index contributed by atoms with van der Waals surface area (Å²) in [4.78, 5) is 0. The van der Waals surface area contributed by atoms with Crippen LogP contribution in [-0.2, 0) is 6.11 Å². The first-order valence-electron chi connectivity index (χ1n) is 11.8. The third-order valence-electron chi connectivity index (χ3n) is 6.56. The van der Waals surface area contributed by atoms with E-state index in [9.17, 15) is 43.9 Å². The second-order valence-corrected chi connectivity index (χ2v) is 9.39. The van der Waals surface area contributed by atoms with Crippen LogP contribution in [0.5, 0.6) is 11.5 Å². The van der Waals surface area contributed by atoms with Crippen molar-refractivity contribution < 1.29 is 53.4 Å². The number of hydrogen-bond acceptors (Lipinski definition) is 2. The Hall–Kier alpha value is -3.44. The summed E-state index contributed by atoms with van der Waals surface area (Å²) in [5.74, 6) is -11.3. The van der Waals surface area contributed by atoms with Gasteiger partial charge in [0, 0.05) is 17.7 Å². The molecule has 0 saturated heterocycles. The van der Waals surface area contributed by atoms with Gasteiger partial charge in [0.25, 0.3) is 0 Å². The molecule has 0 radical (unpaired) electrons. The molecule has 3 aromatic carbocycles. The maximum atomic E-state index is 14.9. The fourth-order valence-electron chi connectivity index (χ4n) is 4.63. The molecule has 4 rings (SSSR count). The standard InChI is InChI=1S/C27H20F10O2/c1-13-2-4-14(5-3-13)15-6-7-18(19(28)8-15)16-9-20(29)24(21(30)10-16)26(33,34)38-17-11-22(31)25(23(32)12-17)39-27(35,36)37/h6-14H,2-5H2,1H3. The van der Waals surface area contributed by atoms with E-state index in [1.165, 1.54) is 12.1 Å². The van der Waals surface area contributed by atoms with Crippen LogP contribution in [0.3, 0.4) is 0 Å². The number of alkyl halides is 5. The van der Waals surface area contributed by atoms with Crippen molar-refractivity contribution in [1.29, 1.82) is 0 Å². The lowest BCUT2D eigenvalue weighted by Gasteiger charge is -2.26. The van der Waals surface area contributed by atoms with E-state index in [0.29, 0.717) is 23.6 Å². The third kappa shape index (κ3) is 6.42. The smallest absolute Gasteiger partial charge is 0.429 e. The van der Waals surface area contributed by atoms with Crippen LogP contribution in [0.2, 0.25) is 0 Å². The fraction of sp³-hybridized carbons (Fsp3) is 0.333. The van der Waals surface area contributed by atoms with Gasteiger partial charge in [-0.2, -0.15) is 8.78 Å². The molecule has 0 aromatic heterocycles. The lowest BCUT2D eigenvalue weighted by Crippen LogP contribution is -2.25. The summed E-state index contributed by atoms with van der Waals surface area (Å²) in [5.41, 5.74) is -1.89. The first-order chi connectivity index (χ1) is 18.1. The van der Waals surface area contributed by atoms with Crippen molar-refractivity contribution in [2.75, 3.05) is 0 Å². The minimum atomic E-state index is -5.49. The molecule has 1 fully saturated rings. The predicted molar refractivity (Wildman–Crippen MR) is 120 cm³/mol. The number of halogens is 10. The molecule has 0 spiro atoms. The van der Waals surface area contributed by atoms with Gasteiger partial charge < -0.3 is 9.47 Å². The van der Waals surface area contributed by atoms with Crippen LogP contribution in [0.4, 0.5) is 43.9 Å². The van der Waals surface area contributed by atoms with E-state index < -0.39 is 64.2 Å². The molecule has 0 bridgehead atoms. The Morgan fingerprint density at radius 3 is 1.74 bits per heavy atom. The highest BCUT2D eigenvalue weighted by molar-refractivity contribution is 5.65. The van der Waals surface area contributed by atoms with E-state index in [2.05, 4.69) is 16.4 Å². The van der Waals surface area contributed by atoms with Crippen molar-refractivity contribution in [3.05, 3.63) is 82.7 Å². The van der Waals surface area contributed by atoms with Crippen LogP contribution in [-0.4, -0.2) is 6.36 Å². The van der Waals surface area contributed by atoms with Crippen molar-refractivity contribution in [2.45, 2.75) is 51.0 Å². The van der Waals surface area contributed by atoms with Gasteiger partial charge in [0.1, 0.15) is 28.8 Å². The summed E-state index contributed by atoms with van der Waals surface area (Å²) in [6, 6.07) is 4.87. The Morgan fingerprint density at radius 2 is 1.23 bits per heavy atom. The van der Waals surface area contributed by atoms with Gasteiger partial charge in [-0.1, -0.05) is 31.9 Å². The molecule has 3 aromatic rings. The van der Waals surface area contributed by atoms with Crippen LogP contribution in [0.25, 0.3) is 11.1 Å². The highest BCUT2D eigenvalue weighted by Gasteiger charge is 2.42. The number of hydrogen-bond donors (Lipinski definition) is 0. The number of benzene rings is 3. The Kier molecular flexibility index (Phi) is 7.77. The average Bonchev–Trinajstić information content (AvgIpc) is 2.80. The summed E-state index contributed by atoms with van der Waals surface area (Å²) < 4.78 is 145. The molecule has 0 aliphatic heterocycles. The maximum absolute atomic E-state index is 14.9. The zero-order valence-electron chi connectivity index (χ0n) is 20.1. The minimum absolute atomic E-state index is 0.0772. The molecule has 0 heterocycles. The average molecular weight is 566 g/mol. The van der Waals surface area contributed by atoms with Crippen molar-refractivity contribution in [3.8, 4) is 22.6 Å². The fourth-order valence-corrected chi connectivity index (χ4v) is 4.63. The van der Waals surface area contributed by atoms with E-state index in [-0.39, 0.29) is 23.6 Å². The van der Waals surface area contributed by atoms with Crippen LogP contribution in [0.15, 0.2) is 42.5 Å². The topological polar surface area (TPSA) is 18.5 Å². The Balaban J connectivity index is 1.59. The molecule has 0 amide bonds. The van der Waals surface area contributed by atoms with Crippen molar-refractivity contribution in [2.24, 2.45) is 5.92 Å². The second kappa shape index (κ2) is 10.6. The Bertz CT molecular complexity index is 1320. The highest BCUT2D eigenvalue weighted by atomic mass is 19.4. The molecular formula is C27H20F10O2. The van der Waals surface area contributed by atoms with E-state index in [1.54, 1.807) is 6.07 Å². The van der Waals surface area contributed by atoms with Crippen molar-refractivity contribution in [3.63, 3.8) is 0 Å². The second-order valence-electron chi connectivity index (χ2n) is 9.39. The zero-order chi connectivity index (χ0) is 28.7. The summed E-state index contributed by atoms with van der Waals surface area (Å²) in [5, 5.41) is 0. The lowest BCUT2D eigenvalue weighted by atomic mass is 9.79. The van der Waals surface area contributed by atoms with Gasteiger partial charge in [-0.25, -0.2) is 22.0 Å². The van der Waals surface area contributed by atoms with Gasteiger partial charge >= 0.3 is 12.5 Å². The summed E-state index contributed by atoms with van der Waals surface area (Å²) >= 11 is 0. The van der Waals surface area contributed by atoms with Gasteiger partial charge in [0.15, 0.2) is 11.6 Å². The Labute approximate surface area is 216 Å². The predicted octanol–water partition coefficient (Wildman–Crippen LogP) is 9.37. The molecule has 210 valence electrons. The van der Waals surface area contributed by atoms with Crippen LogP contribution < -0.4 is 9.47 Å². The van der Waals surface area contributed by atoms with E-state index in [1.807, 2.05) is 0 Å². The molecule has 1 aliphatic rings. The Morgan fingerprint density at radius 1 is 0.667 bits per heavy atom. The number of rotatable bonds is 6. The van der Waals surface area contributed by atoms with Gasteiger partial charge in [-0.15, -0.1) is 13.2 Å². The molecule has 0 N–H and O–H groups in total. The van der Waals surface area contributed by atoms with E-state index in [0.717, 1.165) is 25.7 Å². The molecular weight excluding hydrogens is 546 g/mol. The monoisotopic (exact) mass is 566 g/mol. The molecule has 1 aliphatic carbocycles. The van der Waals surface area contributed by atoms with Crippen LogP contribution in [0.1, 0.15) is 49.7 Å².